The summed E-state index contributed by atoms with van der Waals surface area (Å²) in [6.45, 7) is 13.4. The first kappa shape index (κ1) is 82.3. The van der Waals surface area contributed by atoms with Crippen molar-refractivity contribution in [2.75, 3.05) is 68.0 Å². The van der Waals surface area contributed by atoms with Crippen LogP contribution in [-0.2, 0) is 70.4 Å². The van der Waals surface area contributed by atoms with Crippen molar-refractivity contribution < 1.29 is 66.3 Å². The number of allylic oxidation sites excluding steroid dienone is 1. The molecule has 10 atom stereocenters. The second-order valence-electron chi connectivity index (χ2n) is 31.7. The third-order valence-corrected chi connectivity index (χ3v) is 22.4. The standard InChI is InChI=1S/C79H116F2N12O12/c1-49(2)30-31-57-72(99)88(10)63(45-53-24-15-13-16-25-53)70(97)84-59(41-50(3)4)73(100)89(11)65(76(103)91-37-18-14-19-38-91)47-67(95)87(9)62(42-51(5)6)71(98)85-68(56-27-22-28-56)78(105)92-39-20-17-29-60(92)77(104)93-40-34-61(93)75(102)90(12)64(46-54-32-35-79(80,81)36-33-54)74(101)86(8)48-66(94)82-58(69(96)83-57)44-55-26-21-23-52(7)43-55/h13,15-16,21,23-26,30,43,50-51,54,56-65,68H,14,17-20,22,27-29,31-42,44-48H2,1-12H3,(H,82,94)(H,83,96)(H,84,97)(H,85,98)/t57-,58-,59-,60-,61-,62-,63-,64-,65-,68?/m0/s1. The minimum Gasteiger partial charge on any atom is -0.342 e. The third-order valence-electron chi connectivity index (χ3n) is 22.4. The lowest BCUT2D eigenvalue weighted by Crippen LogP contribution is -2.66. The van der Waals surface area contributed by atoms with Crippen LogP contribution in [0.3, 0.4) is 0 Å². The first-order valence-electron chi connectivity index (χ1n) is 38.2. The van der Waals surface area contributed by atoms with Crippen molar-refractivity contribution in [3.8, 4) is 0 Å². The molecule has 0 radical (unpaired) electrons. The quantitative estimate of drug-likeness (QED) is 0.151. The van der Waals surface area contributed by atoms with Crippen LogP contribution in [0.5, 0.6) is 0 Å². The molecule has 2 aromatic carbocycles. The summed E-state index contributed by atoms with van der Waals surface area (Å²) < 4.78 is 29.5. The third kappa shape index (κ3) is 21.7. The van der Waals surface area contributed by atoms with E-state index in [2.05, 4.69) is 21.3 Å². The number of fused-ring (bicyclic) bond motifs is 2. The van der Waals surface area contributed by atoms with Crippen molar-refractivity contribution in [1.82, 2.24) is 60.5 Å². The van der Waals surface area contributed by atoms with Gasteiger partial charge in [0.1, 0.15) is 60.4 Å². The largest absolute Gasteiger partial charge is 0.342 e. The van der Waals surface area contributed by atoms with E-state index in [1.54, 1.807) is 53.4 Å². The van der Waals surface area contributed by atoms with E-state index in [-0.39, 0.29) is 95.1 Å². The number of alkyl halides is 2. The topological polar surface area (TPSA) is 279 Å². The van der Waals surface area contributed by atoms with Gasteiger partial charge in [-0.15, -0.1) is 0 Å². The van der Waals surface area contributed by atoms with Crippen molar-refractivity contribution in [3.63, 3.8) is 0 Å². The molecule has 8 rings (SSSR count). The number of aryl methyl sites for hydroxylation is 1. The van der Waals surface area contributed by atoms with Gasteiger partial charge >= 0.3 is 0 Å². The summed E-state index contributed by atoms with van der Waals surface area (Å²) in [6, 6.07) is 3.68. The highest BCUT2D eigenvalue weighted by Gasteiger charge is 2.50. The molecule has 6 fully saturated rings. The zero-order valence-electron chi connectivity index (χ0n) is 64.0. The maximum absolute atomic E-state index is 15.5. The number of amides is 12. The van der Waals surface area contributed by atoms with Crippen LogP contribution in [0.15, 0.2) is 66.2 Å². The number of likely N-dealkylation sites (N-methyl/N-ethyl adjacent to an activating group) is 5. The van der Waals surface area contributed by atoms with Crippen LogP contribution < -0.4 is 21.3 Å². The number of carbonyl (C=O) groups excluding carboxylic acids is 12. The van der Waals surface area contributed by atoms with Gasteiger partial charge in [0.25, 0.3) is 0 Å². The molecule has 578 valence electrons. The van der Waals surface area contributed by atoms with Crippen LogP contribution in [0.4, 0.5) is 8.78 Å². The monoisotopic (exact) mass is 1460 g/mol. The van der Waals surface area contributed by atoms with E-state index in [0.717, 1.165) is 28.9 Å². The summed E-state index contributed by atoms with van der Waals surface area (Å²) in [5.41, 5.74) is 2.93. The normalized spacial score (nSPS) is 27.4. The summed E-state index contributed by atoms with van der Waals surface area (Å²) >= 11 is 0. The number of hydrogen-bond acceptors (Lipinski definition) is 12. The Morgan fingerprint density at radius 3 is 1.75 bits per heavy atom. The van der Waals surface area contributed by atoms with Gasteiger partial charge in [-0.05, 0) is 152 Å². The Morgan fingerprint density at radius 1 is 0.543 bits per heavy atom. The van der Waals surface area contributed by atoms with E-state index < -0.39 is 169 Å². The van der Waals surface area contributed by atoms with Crippen LogP contribution in [-0.4, -0.2) is 244 Å². The van der Waals surface area contributed by atoms with E-state index in [1.165, 1.54) is 64.6 Å². The Hall–Kier alpha value is -8.32. The molecule has 24 nitrogen and oxygen atoms in total. The summed E-state index contributed by atoms with van der Waals surface area (Å²) in [4.78, 5) is 193. The second-order valence-corrected chi connectivity index (χ2v) is 31.7. The maximum Gasteiger partial charge on any atom is 0.248 e. The number of piperidine rings is 2. The molecule has 2 aliphatic carbocycles. The van der Waals surface area contributed by atoms with Crippen LogP contribution in [0.2, 0.25) is 0 Å². The molecule has 4 aliphatic heterocycles. The number of carbonyl (C=O) groups is 12. The number of halogens is 2. The first-order chi connectivity index (χ1) is 49.7. The van der Waals surface area contributed by atoms with Gasteiger partial charge in [-0.1, -0.05) is 106 Å². The average molecular weight is 1460 g/mol. The molecule has 12 amide bonds. The fraction of sp³-hybridized carbons (Fsp3) is 0.671. The van der Waals surface area contributed by atoms with Crippen LogP contribution in [0, 0.1) is 30.6 Å². The summed E-state index contributed by atoms with van der Waals surface area (Å²) in [5.74, 6) is -11.8. The Morgan fingerprint density at radius 2 is 1.14 bits per heavy atom. The van der Waals surface area contributed by atoms with Gasteiger partial charge in [0, 0.05) is 87.1 Å². The Bertz CT molecular complexity index is 3460. The highest BCUT2D eigenvalue weighted by Crippen LogP contribution is 2.39. The molecule has 2 saturated carbocycles. The molecule has 26 heteroatoms. The van der Waals surface area contributed by atoms with Gasteiger partial charge in [-0.2, -0.15) is 0 Å². The molecule has 105 heavy (non-hydrogen) atoms. The minimum absolute atomic E-state index is 0.0420. The lowest BCUT2D eigenvalue weighted by atomic mass is 9.78. The second kappa shape index (κ2) is 37.3. The van der Waals surface area contributed by atoms with Gasteiger partial charge in [0.15, 0.2) is 0 Å². The number of hydrogen-bond donors (Lipinski definition) is 4. The number of benzene rings is 2. The molecule has 0 bridgehead atoms. The van der Waals surface area contributed by atoms with Crippen LogP contribution in [0.1, 0.15) is 180 Å². The van der Waals surface area contributed by atoms with E-state index in [0.29, 0.717) is 62.7 Å². The predicted molar refractivity (Wildman–Crippen MR) is 393 cm³/mol. The van der Waals surface area contributed by atoms with E-state index in [1.807, 2.05) is 60.6 Å². The lowest BCUT2D eigenvalue weighted by Gasteiger charge is -2.47. The van der Waals surface area contributed by atoms with E-state index in [9.17, 15) is 13.6 Å². The molecular weight excluding hydrogens is 1350 g/mol. The fourth-order valence-corrected chi connectivity index (χ4v) is 15.6. The summed E-state index contributed by atoms with van der Waals surface area (Å²) in [7, 11) is 7.10. The Kier molecular flexibility index (Phi) is 29.2. The molecule has 4 N–H and O–H groups in total. The van der Waals surface area contributed by atoms with E-state index in [4.69, 9.17) is 0 Å². The van der Waals surface area contributed by atoms with Crippen molar-refractivity contribution in [2.45, 2.75) is 250 Å². The van der Waals surface area contributed by atoms with Gasteiger partial charge in [0.2, 0.25) is 76.8 Å². The molecule has 6 aliphatic rings. The van der Waals surface area contributed by atoms with E-state index >= 15 is 52.7 Å². The van der Waals surface area contributed by atoms with Crippen LogP contribution in [0.25, 0.3) is 0 Å². The highest BCUT2D eigenvalue weighted by atomic mass is 19.3. The fourth-order valence-electron chi connectivity index (χ4n) is 15.6. The highest BCUT2D eigenvalue weighted by molar-refractivity contribution is 6.00. The van der Waals surface area contributed by atoms with Gasteiger partial charge in [-0.25, -0.2) is 8.78 Å². The molecule has 4 heterocycles. The lowest BCUT2D eigenvalue weighted by molar-refractivity contribution is -0.162. The predicted octanol–water partition coefficient (Wildman–Crippen LogP) is 6.35. The number of nitrogens with one attached hydrogen (secondary N) is 4. The van der Waals surface area contributed by atoms with Gasteiger partial charge in [-0.3, -0.25) is 57.5 Å². The Labute approximate surface area is 619 Å². The van der Waals surface area contributed by atoms with Crippen molar-refractivity contribution >= 4 is 70.9 Å². The van der Waals surface area contributed by atoms with Crippen LogP contribution >= 0.6 is 0 Å². The van der Waals surface area contributed by atoms with Crippen molar-refractivity contribution in [3.05, 3.63) is 82.9 Å². The minimum atomic E-state index is -2.91. The first-order valence-corrected chi connectivity index (χ1v) is 38.2. The molecule has 1 unspecified atom stereocenters. The zero-order valence-corrected chi connectivity index (χ0v) is 64.0. The number of nitrogens with zero attached hydrogens (tertiary/aromatic N) is 8. The van der Waals surface area contributed by atoms with Crippen molar-refractivity contribution in [1.29, 1.82) is 0 Å². The molecule has 2 aromatic rings. The molecule has 0 spiro atoms. The smallest absolute Gasteiger partial charge is 0.248 e. The number of likely N-dealkylation sites (tertiary alicyclic amines) is 1. The average Bonchev–Trinajstić information content (AvgIpc) is 0.780. The Balaban J connectivity index is 1.21. The molecular formula is C79H116F2N12O12. The summed E-state index contributed by atoms with van der Waals surface area (Å²) in [5, 5.41) is 11.8. The zero-order chi connectivity index (χ0) is 76.7. The maximum atomic E-state index is 15.5. The van der Waals surface area contributed by atoms with Gasteiger partial charge in [0.05, 0.1) is 13.0 Å². The SMILES string of the molecule is CC(C)=CC[C@@H]1NC(=O)[C@H](Cc2cccc(C)c2)NC(=O)CN(C)C(=O)[C@H](CC2CCC(F)(F)CC2)N(C)C(=O)[C@@H]2CCN2C(=O)[C@@H]2CCCCN2C(=O)C(C2CCC2)NC(=O)[C@H](CC(C)C)N(C)C(=O)C[C@@H](C(=O)N2CCCCC2)N(C)C(=O)[C@H](CC(C)C)NC(=O)[C@H](Cc2ccccc2)N(C)C1=O. The van der Waals surface area contributed by atoms with Gasteiger partial charge < -0.3 is 60.5 Å². The molecule has 0 aromatic heterocycles. The summed E-state index contributed by atoms with van der Waals surface area (Å²) in [6.07, 6.45) is 6.17. The van der Waals surface area contributed by atoms with Crippen molar-refractivity contribution in [2.24, 2.45) is 23.7 Å². The molecule has 4 saturated heterocycles. The number of rotatable bonds is 14.